The van der Waals surface area contributed by atoms with Crippen molar-refractivity contribution in [3.05, 3.63) is 16.6 Å². The van der Waals surface area contributed by atoms with Gasteiger partial charge in [0.2, 0.25) is 0 Å². The molecule has 1 aromatic heterocycles. The van der Waals surface area contributed by atoms with Crippen LogP contribution in [0.3, 0.4) is 0 Å². The highest BCUT2D eigenvalue weighted by atomic mass is 32.1. The van der Waals surface area contributed by atoms with Gasteiger partial charge in [-0.15, -0.1) is 11.3 Å². The molecule has 0 amide bonds. The molecular weight excluding hydrogens is 206 g/mol. The fourth-order valence-electron chi connectivity index (χ4n) is 1.55. The van der Waals surface area contributed by atoms with Gasteiger partial charge in [-0.25, -0.2) is 4.98 Å². The van der Waals surface area contributed by atoms with E-state index >= 15 is 0 Å². The van der Waals surface area contributed by atoms with E-state index in [-0.39, 0.29) is 0 Å². The van der Waals surface area contributed by atoms with Crippen molar-refractivity contribution in [1.82, 2.24) is 15.2 Å². The second kappa shape index (κ2) is 6.93. The summed E-state index contributed by atoms with van der Waals surface area (Å²) < 4.78 is 0. The third-order valence-corrected chi connectivity index (χ3v) is 3.14. The fourth-order valence-corrected chi connectivity index (χ4v) is 2.10. The van der Waals surface area contributed by atoms with E-state index in [9.17, 15) is 0 Å². The van der Waals surface area contributed by atoms with Crippen LogP contribution in [0.15, 0.2) is 10.9 Å². The molecule has 1 N–H and O–H groups in total. The summed E-state index contributed by atoms with van der Waals surface area (Å²) in [5, 5.41) is 5.50. The van der Waals surface area contributed by atoms with Gasteiger partial charge in [0.15, 0.2) is 0 Å². The molecule has 0 aliphatic heterocycles. The minimum atomic E-state index is 0.635. The van der Waals surface area contributed by atoms with Crippen molar-refractivity contribution in [3.63, 3.8) is 0 Å². The van der Waals surface area contributed by atoms with E-state index in [1.54, 1.807) is 11.3 Å². The van der Waals surface area contributed by atoms with E-state index in [2.05, 4.69) is 41.4 Å². The molecule has 0 unspecified atom stereocenters. The number of nitrogens with one attached hydrogen (secondary N) is 1. The molecule has 0 radical (unpaired) electrons. The SMILES string of the molecule is CCN(CCNCc1cscn1)C(C)C. The number of thiazole rings is 1. The predicted molar refractivity (Wildman–Crippen MR) is 66.2 cm³/mol. The number of likely N-dealkylation sites (N-methyl/N-ethyl adjacent to an activating group) is 1. The Morgan fingerprint density at radius 3 is 2.87 bits per heavy atom. The standard InChI is InChI=1S/C11H21N3S/c1-4-14(10(2)3)6-5-12-7-11-8-15-9-13-11/h8-10,12H,4-7H2,1-3H3. The molecule has 0 aromatic carbocycles. The van der Waals surface area contributed by atoms with Gasteiger partial charge in [-0.3, -0.25) is 4.90 Å². The molecule has 0 saturated carbocycles. The number of hydrogen-bond acceptors (Lipinski definition) is 4. The molecule has 4 heteroatoms. The van der Waals surface area contributed by atoms with Crippen LogP contribution in [0.25, 0.3) is 0 Å². The van der Waals surface area contributed by atoms with Gasteiger partial charge in [-0.1, -0.05) is 6.92 Å². The summed E-state index contributed by atoms with van der Waals surface area (Å²) in [6.07, 6.45) is 0. The van der Waals surface area contributed by atoms with E-state index in [1.807, 2.05) is 5.51 Å². The van der Waals surface area contributed by atoms with Crippen molar-refractivity contribution in [2.75, 3.05) is 19.6 Å². The van der Waals surface area contributed by atoms with Gasteiger partial charge in [0, 0.05) is 31.1 Å². The van der Waals surface area contributed by atoms with E-state index in [0.29, 0.717) is 6.04 Å². The first-order valence-electron chi connectivity index (χ1n) is 5.56. The Hall–Kier alpha value is -0.450. The van der Waals surface area contributed by atoms with E-state index in [0.717, 1.165) is 31.9 Å². The minimum absolute atomic E-state index is 0.635. The van der Waals surface area contributed by atoms with Crippen LogP contribution >= 0.6 is 11.3 Å². The Kier molecular flexibility index (Phi) is 5.83. The third-order valence-electron chi connectivity index (χ3n) is 2.50. The van der Waals surface area contributed by atoms with Crippen LogP contribution in [-0.4, -0.2) is 35.6 Å². The van der Waals surface area contributed by atoms with Crippen molar-refractivity contribution in [1.29, 1.82) is 0 Å². The molecule has 0 spiro atoms. The number of hydrogen-bond donors (Lipinski definition) is 1. The quantitative estimate of drug-likeness (QED) is 0.722. The summed E-state index contributed by atoms with van der Waals surface area (Å²) in [5.74, 6) is 0. The van der Waals surface area contributed by atoms with Crippen molar-refractivity contribution >= 4 is 11.3 Å². The zero-order valence-corrected chi connectivity index (χ0v) is 10.7. The van der Waals surface area contributed by atoms with Gasteiger partial charge < -0.3 is 5.32 Å². The average molecular weight is 227 g/mol. The Morgan fingerprint density at radius 2 is 2.33 bits per heavy atom. The molecule has 3 nitrogen and oxygen atoms in total. The van der Waals surface area contributed by atoms with Crippen molar-refractivity contribution in [3.8, 4) is 0 Å². The first kappa shape index (κ1) is 12.6. The maximum absolute atomic E-state index is 4.23. The first-order valence-corrected chi connectivity index (χ1v) is 6.50. The van der Waals surface area contributed by atoms with Gasteiger partial charge >= 0.3 is 0 Å². The molecule has 0 aliphatic carbocycles. The molecule has 1 aromatic rings. The third kappa shape index (κ3) is 4.73. The lowest BCUT2D eigenvalue weighted by molar-refractivity contribution is 0.233. The van der Waals surface area contributed by atoms with Crippen LogP contribution in [-0.2, 0) is 6.54 Å². The van der Waals surface area contributed by atoms with Crippen LogP contribution < -0.4 is 5.32 Å². The normalized spacial score (nSPS) is 11.5. The summed E-state index contributed by atoms with van der Waals surface area (Å²) >= 11 is 1.65. The molecular formula is C11H21N3S. The molecule has 86 valence electrons. The van der Waals surface area contributed by atoms with Crippen LogP contribution in [0.4, 0.5) is 0 Å². The maximum Gasteiger partial charge on any atom is 0.0795 e. The summed E-state index contributed by atoms with van der Waals surface area (Å²) in [7, 11) is 0. The highest BCUT2D eigenvalue weighted by molar-refractivity contribution is 7.07. The van der Waals surface area contributed by atoms with Crippen molar-refractivity contribution < 1.29 is 0 Å². The second-order valence-electron chi connectivity index (χ2n) is 3.88. The molecule has 1 heterocycles. The van der Waals surface area contributed by atoms with Gasteiger partial charge in [0.05, 0.1) is 11.2 Å². The summed E-state index contributed by atoms with van der Waals surface area (Å²) in [6.45, 7) is 10.8. The molecule has 15 heavy (non-hydrogen) atoms. The van der Waals surface area contributed by atoms with Crippen LogP contribution in [0.5, 0.6) is 0 Å². The molecule has 0 atom stereocenters. The van der Waals surface area contributed by atoms with E-state index < -0.39 is 0 Å². The number of nitrogens with zero attached hydrogens (tertiary/aromatic N) is 2. The predicted octanol–water partition coefficient (Wildman–Crippen LogP) is 1.96. The largest absolute Gasteiger partial charge is 0.310 e. The molecule has 0 aliphatic rings. The molecule has 0 bridgehead atoms. The van der Waals surface area contributed by atoms with E-state index in [1.165, 1.54) is 0 Å². The molecule has 1 rings (SSSR count). The number of rotatable bonds is 7. The second-order valence-corrected chi connectivity index (χ2v) is 4.60. The van der Waals surface area contributed by atoms with Crippen molar-refractivity contribution in [2.24, 2.45) is 0 Å². The highest BCUT2D eigenvalue weighted by Crippen LogP contribution is 2.00. The maximum atomic E-state index is 4.23. The average Bonchev–Trinajstić information content (AvgIpc) is 2.70. The smallest absolute Gasteiger partial charge is 0.0795 e. The minimum Gasteiger partial charge on any atom is -0.310 e. The Morgan fingerprint density at radius 1 is 1.53 bits per heavy atom. The van der Waals surface area contributed by atoms with Crippen LogP contribution in [0.1, 0.15) is 26.5 Å². The lowest BCUT2D eigenvalue weighted by Crippen LogP contribution is -2.36. The van der Waals surface area contributed by atoms with E-state index in [4.69, 9.17) is 0 Å². The summed E-state index contributed by atoms with van der Waals surface area (Å²) in [5.41, 5.74) is 3.02. The topological polar surface area (TPSA) is 28.2 Å². The lowest BCUT2D eigenvalue weighted by atomic mass is 10.3. The highest BCUT2D eigenvalue weighted by Gasteiger charge is 2.05. The van der Waals surface area contributed by atoms with Crippen LogP contribution in [0, 0.1) is 0 Å². The zero-order chi connectivity index (χ0) is 11.1. The van der Waals surface area contributed by atoms with Crippen molar-refractivity contribution in [2.45, 2.75) is 33.4 Å². The molecule has 0 fully saturated rings. The lowest BCUT2D eigenvalue weighted by Gasteiger charge is -2.24. The summed E-state index contributed by atoms with van der Waals surface area (Å²) in [6, 6.07) is 0.635. The zero-order valence-electron chi connectivity index (χ0n) is 9.86. The Bertz CT molecular complexity index is 246. The number of aromatic nitrogens is 1. The van der Waals surface area contributed by atoms with Gasteiger partial charge in [0.25, 0.3) is 0 Å². The monoisotopic (exact) mass is 227 g/mol. The van der Waals surface area contributed by atoms with Gasteiger partial charge in [0.1, 0.15) is 0 Å². The Labute approximate surface area is 96.5 Å². The van der Waals surface area contributed by atoms with Gasteiger partial charge in [-0.2, -0.15) is 0 Å². The van der Waals surface area contributed by atoms with Crippen LogP contribution in [0.2, 0.25) is 0 Å². The first-order chi connectivity index (χ1) is 7.24. The summed E-state index contributed by atoms with van der Waals surface area (Å²) in [4.78, 5) is 6.68. The Balaban J connectivity index is 2.10. The molecule has 0 saturated heterocycles. The van der Waals surface area contributed by atoms with Gasteiger partial charge in [-0.05, 0) is 20.4 Å². The fraction of sp³-hybridized carbons (Fsp3) is 0.727.